The van der Waals surface area contributed by atoms with Gasteiger partial charge < -0.3 is 5.11 Å². The van der Waals surface area contributed by atoms with Gasteiger partial charge in [0.2, 0.25) is 0 Å². The predicted octanol–water partition coefficient (Wildman–Crippen LogP) is 2.88. The molecule has 1 aromatic carbocycles. The topological polar surface area (TPSA) is 20.2 Å². The van der Waals surface area contributed by atoms with Crippen LogP contribution in [0.4, 0.5) is 0 Å². The lowest BCUT2D eigenvalue weighted by Crippen LogP contribution is -1.93. The minimum atomic E-state index is 0.226. The zero-order chi connectivity index (χ0) is 9.84. The molecule has 0 unspecified atom stereocenters. The molecule has 0 aliphatic heterocycles. The lowest BCUT2D eigenvalue weighted by atomic mass is 10.0. The lowest BCUT2D eigenvalue weighted by molar-refractivity contribution is 0.288. The molecule has 0 aromatic heterocycles. The van der Waals surface area contributed by atoms with Crippen molar-refractivity contribution in [3.63, 3.8) is 0 Å². The second-order valence-electron chi connectivity index (χ2n) is 3.38. The Kier molecular flexibility index (Phi) is 3.76. The number of aliphatic hydroxyl groups excluding tert-OH is 1. The smallest absolute Gasteiger partial charge is 0.0467 e. The number of aliphatic hydroxyl groups is 1. The third kappa shape index (κ3) is 2.71. The van der Waals surface area contributed by atoms with Crippen LogP contribution in [0.5, 0.6) is 0 Å². The maximum atomic E-state index is 8.71. The van der Waals surface area contributed by atoms with Gasteiger partial charge in [-0.3, -0.25) is 0 Å². The quantitative estimate of drug-likeness (QED) is 0.792. The summed E-state index contributed by atoms with van der Waals surface area (Å²) in [5.74, 6) is 0. The van der Waals surface area contributed by atoms with Crippen molar-refractivity contribution in [2.24, 2.45) is 0 Å². The maximum absolute atomic E-state index is 8.71. The Morgan fingerprint density at radius 2 is 2.00 bits per heavy atom. The number of aryl methyl sites for hydroxylation is 3. The van der Waals surface area contributed by atoms with Crippen LogP contribution in [0.25, 0.3) is 0 Å². The van der Waals surface area contributed by atoms with E-state index in [2.05, 4.69) is 19.1 Å². The van der Waals surface area contributed by atoms with Crippen molar-refractivity contribution in [1.29, 1.82) is 0 Å². The molecule has 72 valence electrons. The van der Waals surface area contributed by atoms with Crippen LogP contribution in [0.1, 0.15) is 23.1 Å². The Balaban J connectivity index is 2.92. The maximum Gasteiger partial charge on any atom is 0.0467 e. The second-order valence-corrected chi connectivity index (χ2v) is 3.76. The average Bonchev–Trinajstić information content (AvgIpc) is 2.09. The molecule has 0 radical (unpaired) electrons. The summed E-state index contributed by atoms with van der Waals surface area (Å²) in [6.07, 6.45) is 1.64. The average molecular weight is 199 g/mol. The van der Waals surface area contributed by atoms with Gasteiger partial charge in [0.05, 0.1) is 0 Å². The van der Waals surface area contributed by atoms with E-state index in [1.54, 1.807) is 0 Å². The van der Waals surface area contributed by atoms with Gasteiger partial charge in [0.25, 0.3) is 0 Å². The van der Waals surface area contributed by atoms with Crippen molar-refractivity contribution in [3.05, 3.63) is 33.8 Å². The zero-order valence-corrected chi connectivity index (χ0v) is 8.86. The molecule has 2 heteroatoms. The molecule has 1 rings (SSSR count). The molecule has 0 saturated carbocycles. The summed E-state index contributed by atoms with van der Waals surface area (Å²) in [6, 6.07) is 4.16. The first-order valence-corrected chi connectivity index (χ1v) is 4.89. The fraction of sp³-hybridized carbons (Fsp3) is 0.455. The Hall–Kier alpha value is -0.530. The van der Waals surface area contributed by atoms with E-state index in [0.29, 0.717) is 0 Å². The third-order valence-electron chi connectivity index (χ3n) is 2.08. The van der Waals surface area contributed by atoms with Gasteiger partial charge in [0, 0.05) is 11.6 Å². The Morgan fingerprint density at radius 1 is 1.31 bits per heavy atom. The van der Waals surface area contributed by atoms with Gasteiger partial charge in [-0.05, 0) is 37.8 Å². The van der Waals surface area contributed by atoms with Crippen LogP contribution >= 0.6 is 11.6 Å². The molecule has 0 amide bonds. The standard InChI is InChI=1S/C11H15ClO/c1-8-6-9(2)11(12)10(7-8)4-3-5-13/h6-7,13H,3-5H2,1-2H3. The normalized spacial score (nSPS) is 10.5. The van der Waals surface area contributed by atoms with E-state index in [4.69, 9.17) is 16.7 Å². The van der Waals surface area contributed by atoms with E-state index in [9.17, 15) is 0 Å². The van der Waals surface area contributed by atoms with Crippen LogP contribution in [-0.4, -0.2) is 11.7 Å². The van der Waals surface area contributed by atoms with Gasteiger partial charge in [-0.1, -0.05) is 29.3 Å². The van der Waals surface area contributed by atoms with Crippen LogP contribution < -0.4 is 0 Å². The Labute approximate surface area is 84.4 Å². The first kappa shape index (κ1) is 10.6. The lowest BCUT2D eigenvalue weighted by Gasteiger charge is -2.07. The minimum absolute atomic E-state index is 0.226. The van der Waals surface area contributed by atoms with Crippen LogP contribution in [0.3, 0.4) is 0 Å². The second kappa shape index (κ2) is 4.64. The number of hydrogen-bond acceptors (Lipinski definition) is 1. The molecule has 0 atom stereocenters. The Bertz CT molecular complexity index is 294. The highest BCUT2D eigenvalue weighted by Gasteiger charge is 2.03. The van der Waals surface area contributed by atoms with Gasteiger partial charge in [-0.25, -0.2) is 0 Å². The highest BCUT2D eigenvalue weighted by atomic mass is 35.5. The van der Waals surface area contributed by atoms with E-state index in [-0.39, 0.29) is 6.61 Å². The van der Waals surface area contributed by atoms with Gasteiger partial charge in [-0.2, -0.15) is 0 Å². The molecule has 1 aromatic rings. The van der Waals surface area contributed by atoms with Crippen molar-refractivity contribution in [1.82, 2.24) is 0 Å². The molecule has 0 saturated heterocycles. The van der Waals surface area contributed by atoms with Gasteiger partial charge in [0.15, 0.2) is 0 Å². The predicted molar refractivity (Wildman–Crippen MR) is 56.3 cm³/mol. The molecule has 13 heavy (non-hydrogen) atoms. The number of rotatable bonds is 3. The van der Waals surface area contributed by atoms with Crippen molar-refractivity contribution in [2.45, 2.75) is 26.7 Å². The largest absolute Gasteiger partial charge is 0.396 e. The van der Waals surface area contributed by atoms with Crippen LogP contribution in [0, 0.1) is 13.8 Å². The summed E-state index contributed by atoms with van der Waals surface area (Å²) in [7, 11) is 0. The van der Waals surface area contributed by atoms with Crippen molar-refractivity contribution in [2.75, 3.05) is 6.61 Å². The monoisotopic (exact) mass is 198 g/mol. The van der Waals surface area contributed by atoms with E-state index in [1.165, 1.54) is 5.56 Å². The van der Waals surface area contributed by atoms with Gasteiger partial charge in [-0.15, -0.1) is 0 Å². The Morgan fingerprint density at radius 3 is 2.62 bits per heavy atom. The van der Waals surface area contributed by atoms with Crippen LogP contribution in [0.15, 0.2) is 12.1 Å². The molecular weight excluding hydrogens is 184 g/mol. The first-order valence-electron chi connectivity index (χ1n) is 4.51. The summed E-state index contributed by atoms with van der Waals surface area (Å²) in [4.78, 5) is 0. The fourth-order valence-corrected chi connectivity index (χ4v) is 1.69. The molecule has 0 fully saturated rings. The summed E-state index contributed by atoms with van der Waals surface area (Å²) < 4.78 is 0. The van der Waals surface area contributed by atoms with Gasteiger partial charge >= 0.3 is 0 Å². The fourth-order valence-electron chi connectivity index (χ4n) is 1.49. The number of halogens is 1. The molecule has 0 aliphatic rings. The van der Waals surface area contributed by atoms with Crippen molar-refractivity contribution >= 4 is 11.6 Å². The molecular formula is C11H15ClO. The third-order valence-corrected chi connectivity index (χ3v) is 2.62. The summed E-state index contributed by atoms with van der Waals surface area (Å²) in [5, 5.41) is 9.56. The summed E-state index contributed by atoms with van der Waals surface area (Å²) >= 11 is 6.12. The summed E-state index contributed by atoms with van der Waals surface area (Å²) in [5.41, 5.74) is 3.50. The highest BCUT2D eigenvalue weighted by Crippen LogP contribution is 2.23. The highest BCUT2D eigenvalue weighted by molar-refractivity contribution is 6.32. The molecule has 0 bridgehead atoms. The van der Waals surface area contributed by atoms with E-state index in [1.807, 2.05) is 6.92 Å². The van der Waals surface area contributed by atoms with Crippen LogP contribution in [-0.2, 0) is 6.42 Å². The van der Waals surface area contributed by atoms with E-state index >= 15 is 0 Å². The van der Waals surface area contributed by atoms with Gasteiger partial charge in [0.1, 0.15) is 0 Å². The number of hydrogen-bond donors (Lipinski definition) is 1. The van der Waals surface area contributed by atoms with E-state index < -0.39 is 0 Å². The first-order chi connectivity index (χ1) is 6.15. The van der Waals surface area contributed by atoms with Crippen molar-refractivity contribution < 1.29 is 5.11 Å². The SMILES string of the molecule is Cc1cc(C)c(Cl)c(CCCO)c1. The molecule has 0 heterocycles. The van der Waals surface area contributed by atoms with Crippen molar-refractivity contribution in [3.8, 4) is 0 Å². The van der Waals surface area contributed by atoms with E-state index in [0.717, 1.165) is 29.0 Å². The molecule has 1 N–H and O–H groups in total. The molecule has 0 aliphatic carbocycles. The minimum Gasteiger partial charge on any atom is -0.396 e. The zero-order valence-electron chi connectivity index (χ0n) is 8.10. The molecule has 0 spiro atoms. The number of benzene rings is 1. The van der Waals surface area contributed by atoms with Crippen LogP contribution in [0.2, 0.25) is 5.02 Å². The summed E-state index contributed by atoms with van der Waals surface area (Å²) in [6.45, 7) is 4.30. The molecule has 1 nitrogen and oxygen atoms in total.